The summed E-state index contributed by atoms with van der Waals surface area (Å²) >= 11 is 0. The number of aromatic nitrogens is 2. The second kappa shape index (κ2) is 8.85. The lowest BCUT2D eigenvalue weighted by molar-refractivity contribution is 0.0524. The Balaban J connectivity index is 1.47. The first kappa shape index (κ1) is 18.5. The fourth-order valence-corrected chi connectivity index (χ4v) is 3.47. The van der Waals surface area contributed by atoms with Gasteiger partial charge in [-0.25, -0.2) is 4.79 Å². The summed E-state index contributed by atoms with van der Waals surface area (Å²) in [6.45, 7) is 3.40. The van der Waals surface area contributed by atoms with Crippen LogP contribution in [0.5, 0.6) is 0 Å². The topological polar surface area (TPSA) is 73.3 Å². The Bertz CT molecular complexity index is 758. The van der Waals surface area contributed by atoms with Gasteiger partial charge in [-0.15, -0.1) is 0 Å². The molecule has 0 amide bonds. The molecule has 26 heavy (non-hydrogen) atoms. The van der Waals surface area contributed by atoms with Crippen molar-refractivity contribution in [3.63, 3.8) is 0 Å². The lowest BCUT2D eigenvalue weighted by atomic mass is 9.86. The second-order valence-electron chi connectivity index (χ2n) is 6.79. The highest BCUT2D eigenvalue weighted by Gasteiger charge is 2.24. The summed E-state index contributed by atoms with van der Waals surface area (Å²) in [4.78, 5) is 23.7. The number of ether oxygens (including phenoxy) is 2. The van der Waals surface area contributed by atoms with Crippen molar-refractivity contribution in [2.45, 2.75) is 45.3 Å². The number of nitrogens with zero attached hydrogens (tertiary/aromatic N) is 1. The van der Waals surface area contributed by atoms with Gasteiger partial charge in [0.05, 0.1) is 13.2 Å². The van der Waals surface area contributed by atoms with Gasteiger partial charge in [0.25, 0.3) is 5.56 Å². The first-order valence-corrected chi connectivity index (χ1v) is 9.27. The van der Waals surface area contributed by atoms with E-state index in [2.05, 4.69) is 17.2 Å². The molecular weight excluding hydrogens is 332 g/mol. The van der Waals surface area contributed by atoms with Gasteiger partial charge in [0.2, 0.25) is 0 Å². The highest BCUT2D eigenvalue weighted by Crippen LogP contribution is 2.31. The van der Waals surface area contributed by atoms with Gasteiger partial charge in [0.1, 0.15) is 5.56 Å². The number of benzene rings is 1. The van der Waals surface area contributed by atoms with Crippen molar-refractivity contribution in [3.8, 4) is 0 Å². The Morgan fingerprint density at radius 1 is 1.19 bits per heavy atom. The van der Waals surface area contributed by atoms with Gasteiger partial charge in [-0.05, 0) is 44.1 Å². The third-order valence-electron chi connectivity index (χ3n) is 4.91. The molecular formula is C20H26N2O4. The average molecular weight is 358 g/mol. The number of nitrogens with one attached hydrogen (secondary N) is 1. The van der Waals surface area contributed by atoms with Crippen LogP contribution < -0.4 is 5.56 Å². The zero-order chi connectivity index (χ0) is 18.4. The lowest BCUT2D eigenvalue weighted by Gasteiger charge is -2.28. The molecule has 0 atom stereocenters. The number of rotatable bonds is 7. The van der Waals surface area contributed by atoms with Gasteiger partial charge in [0.15, 0.2) is 0 Å². The van der Waals surface area contributed by atoms with E-state index in [1.165, 1.54) is 5.56 Å². The van der Waals surface area contributed by atoms with Crippen molar-refractivity contribution < 1.29 is 14.3 Å². The molecule has 1 fully saturated rings. The Morgan fingerprint density at radius 2 is 1.92 bits per heavy atom. The predicted molar refractivity (Wildman–Crippen MR) is 98.1 cm³/mol. The van der Waals surface area contributed by atoms with Gasteiger partial charge >= 0.3 is 5.97 Å². The van der Waals surface area contributed by atoms with Crippen LogP contribution in [0.4, 0.5) is 0 Å². The van der Waals surface area contributed by atoms with Crippen molar-refractivity contribution in [1.29, 1.82) is 0 Å². The van der Waals surface area contributed by atoms with Crippen LogP contribution in [-0.2, 0) is 16.1 Å². The van der Waals surface area contributed by atoms with Crippen LogP contribution in [0.1, 0.15) is 54.6 Å². The number of H-pyrrole nitrogens is 1. The summed E-state index contributed by atoms with van der Waals surface area (Å²) in [6, 6.07) is 10.4. The zero-order valence-electron chi connectivity index (χ0n) is 15.1. The van der Waals surface area contributed by atoms with E-state index in [-0.39, 0.29) is 23.8 Å². The van der Waals surface area contributed by atoms with E-state index in [1.54, 1.807) is 17.8 Å². The van der Waals surface area contributed by atoms with Gasteiger partial charge in [-0.2, -0.15) is 0 Å². The maximum absolute atomic E-state index is 11.9. The van der Waals surface area contributed by atoms with E-state index in [4.69, 9.17) is 9.47 Å². The van der Waals surface area contributed by atoms with Gasteiger partial charge in [-0.3, -0.25) is 14.6 Å². The highest BCUT2D eigenvalue weighted by molar-refractivity contribution is 5.88. The molecule has 0 radical (unpaired) electrons. The third-order valence-corrected chi connectivity index (χ3v) is 4.91. The predicted octanol–water partition coefficient (Wildman–Crippen LogP) is 3.30. The van der Waals surface area contributed by atoms with Crippen LogP contribution in [-0.4, -0.2) is 29.0 Å². The molecule has 1 saturated carbocycles. The molecule has 3 rings (SSSR count). The third kappa shape index (κ3) is 4.64. The molecule has 1 aromatic heterocycles. The monoisotopic (exact) mass is 358 g/mol. The molecule has 0 aliphatic heterocycles. The molecule has 1 heterocycles. The molecule has 0 bridgehead atoms. The lowest BCUT2D eigenvalue weighted by Crippen LogP contribution is -2.22. The summed E-state index contributed by atoms with van der Waals surface area (Å²) in [5.41, 5.74) is 0.898. The molecule has 2 aromatic rings. The molecule has 0 saturated heterocycles. The van der Waals surface area contributed by atoms with E-state index in [0.29, 0.717) is 12.5 Å². The highest BCUT2D eigenvalue weighted by atomic mass is 16.5. The summed E-state index contributed by atoms with van der Waals surface area (Å²) < 4.78 is 12.5. The zero-order valence-corrected chi connectivity index (χ0v) is 15.1. The van der Waals surface area contributed by atoms with E-state index >= 15 is 0 Å². The van der Waals surface area contributed by atoms with Gasteiger partial charge in [0, 0.05) is 18.8 Å². The molecule has 0 unspecified atom stereocenters. The standard InChI is InChI=1S/C20H26N2O4/c1-2-26-20(24)18-12-22(21-19(18)23)17-10-8-16(9-11-17)14-25-13-15-6-4-3-5-7-15/h3-7,12,16-17H,2,8-11,13-14H2,1H3,(H,21,23). The number of carbonyl (C=O) groups excluding carboxylic acids is 1. The molecule has 1 N–H and O–H groups in total. The van der Waals surface area contributed by atoms with Crippen LogP contribution in [0.15, 0.2) is 41.3 Å². The van der Waals surface area contributed by atoms with E-state index in [9.17, 15) is 9.59 Å². The van der Waals surface area contributed by atoms with E-state index < -0.39 is 5.97 Å². The summed E-state index contributed by atoms with van der Waals surface area (Å²) in [5.74, 6) is -0.0164. The first-order valence-electron chi connectivity index (χ1n) is 9.27. The Labute approximate surface area is 153 Å². The van der Waals surface area contributed by atoms with Crippen molar-refractivity contribution in [3.05, 3.63) is 58.0 Å². The molecule has 6 nitrogen and oxygen atoms in total. The maximum atomic E-state index is 11.9. The van der Waals surface area contributed by atoms with Crippen LogP contribution in [0, 0.1) is 5.92 Å². The number of esters is 1. The van der Waals surface area contributed by atoms with E-state index in [0.717, 1.165) is 32.3 Å². The summed E-state index contributed by atoms with van der Waals surface area (Å²) in [6.07, 6.45) is 5.62. The number of aromatic amines is 1. The Kier molecular flexibility index (Phi) is 6.28. The minimum Gasteiger partial charge on any atom is -0.462 e. The minimum absolute atomic E-state index is 0.0835. The quantitative estimate of drug-likeness (QED) is 0.771. The molecule has 6 heteroatoms. The Morgan fingerprint density at radius 3 is 2.62 bits per heavy atom. The van der Waals surface area contributed by atoms with Crippen LogP contribution >= 0.6 is 0 Å². The summed E-state index contributed by atoms with van der Waals surface area (Å²) in [5, 5.41) is 2.76. The van der Waals surface area contributed by atoms with E-state index in [1.807, 2.05) is 18.2 Å². The number of hydrogen-bond acceptors (Lipinski definition) is 4. The van der Waals surface area contributed by atoms with Crippen LogP contribution in [0.25, 0.3) is 0 Å². The Hall–Kier alpha value is -2.34. The fraction of sp³-hybridized carbons (Fsp3) is 0.500. The van der Waals surface area contributed by atoms with Crippen molar-refractivity contribution in [1.82, 2.24) is 9.78 Å². The maximum Gasteiger partial charge on any atom is 0.345 e. The molecule has 1 aromatic carbocycles. The molecule has 0 spiro atoms. The van der Waals surface area contributed by atoms with Crippen molar-refractivity contribution >= 4 is 5.97 Å². The largest absolute Gasteiger partial charge is 0.462 e. The van der Waals surface area contributed by atoms with Crippen molar-refractivity contribution in [2.75, 3.05) is 13.2 Å². The normalized spacial score (nSPS) is 20.0. The SMILES string of the molecule is CCOC(=O)c1cn(C2CCC(COCc3ccccc3)CC2)[nH]c1=O. The summed E-state index contributed by atoms with van der Waals surface area (Å²) in [7, 11) is 0. The molecule has 140 valence electrons. The van der Waals surface area contributed by atoms with Gasteiger partial charge in [-0.1, -0.05) is 30.3 Å². The van der Waals surface area contributed by atoms with Gasteiger partial charge < -0.3 is 9.47 Å². The smallest absolute Gasteiger partial charge is 0.345 e. The molecule has 1 aliphatic carbocycles. The number of carbonyl (C=O) groups is 1. The van der Waals surface area contributed by atoms with Crippen molar-refractivity contribution in [2.24, 2.45) is 5.92 Å². The van der Waals surface area contributed by atoms with Crippen LogP contribution in [0.2, 0.25) is 0 Å². The second-order valence-corrected chi connectivity index (χ2v) is 6.79. The first-order chi connectivity index (χ1) is 12.7. The van der Waals surface area contributed by atoms with Crippen LogP contribution in [0.3, 0.4) is 0 Å². The fourth-order valence-electron chi connectivity index (χ4n) is 3.47. The molecule has 1 aliphatic rings. The average Bonchev–Trinajstić information content (AvgIpc) is 3.05. The number of hydrogen-bond donors (Lipinski definition) is 1. The minimum atomic E-state index is -0.560.